The third-order valence-electron chi connectivity index (χ3n) is 10.5. The first kappa shape index (κ1) is 30.0. The van der Waals surface area contributed by atoms with E-state index in [4.69, 9.17) is 14.5 Å². The predicted octanol–water partition coefficient (Wildman–Crippen LogP) is 6.03. The SMILES string of the molecule is CCc1c(F)ccc2cc(O)cc(-c3ccc4c(N5CCC[C@@]6(CNC(=O)O6)C5)nc(OC[C@@]56CCCN5C[C@H](F)C6)nc4c3F)c12. The number of nitrogens with zero attached hydrogens (tertiary/aromatic N) is 4. The number of halogens is 3. The van der Waals surface area contributed by atoms with Gasteiger partial charge in [0.25, 0.3) is 0 Å². The Bertz CT molecular complexity index is 1930. The van der Waals surface area contributed by atoms with Gasteiger partial charge in [0.1, 0.15) is 41.3 Å². The highest BCUT2D eigenvalue weighted by atomic mass is 19.1. The zero-order valence-corrected chi connectivity index (χ0v) is 26.1. The number of hydrogen-bond donors (Lipinski definition) is 2. The second kappa shape index (κ2) is 11.1. The summed E-state index contributed by atoms with van der Waals surface area (Å²) in [5, 5.41) is 14.9. The van der Waals surface area contributed by atoms with Crippen molar-refractivity contribution in [1.82, 2.24) is 20.2 Å². The molecule has 4 aliphatic rings. The van der Waals surface area contributed by atoms with E-state index in [1.54, 1.807) is 18.2 Å². The molecule has 5 heterocycles. The lowest BCUT2D eigenvalue weighted by Gasteiger charge is -2.39. The molecular formula is C35H36F3N5O4. The summed E-state index contributed by atoms with van der Waals surface area (Å²) >= 11 is 0. The second-order valence-electron chi connectivity index (χ2n) is 13.4. The van der Waals surface area contributed by atoms with Crippen molar-refractivity contribution < 1.29 is 32.5 Å². The predicted molar refractivity (Wildman–Crippen MR) is 171 cm³/mol. The molecule has 9 nitrogen and oxygen atoms in total. The van der Waals surface area contributed by atoms with Gasteiger partial charge in [-0.05, 0) is 84.8 Å². The van der Waals surface area contributed by atoms with Crippen LogP contribution in [-0.4, -0.2) is 82.7 Å². The third-order valence-corrected chi connectivity index (χ3v) is 10.5. The fourth-order valence-corrected chi connectivity index (χ4v) is 8.35. The van der Waals surface area contributed by atoms with Crippen LogP contribution in [0.1, 0.15) is 44.6 Å². The topological polar surface area (TPSA) is 100 Å². The van der Waals surface area contributed by atoms with E-state index in [0.29, 0.717) is 85.0 Å². The van der Waals surface area contributed by atoms with Crippen LogP contribution in [0.25, 0.3) is 32.8 Å². The van der Waals surface area contributed by atoms with Gasteiger partial charge in [-0.15, -0.1) is 0 Å². The average Bonchev–Trinajstić information content (AvgIpc) is 3.71. The summed E-state index contributed by atoms with van der Waals surface area (Å²) in [5.41, 5.74) is -0.278. The number of piperidine rings is 1. The van der Waals surface area contributed by atoms with E-state index in [-0.39, 0.29) is 29.4 Å². The van der Waals surface area contributed by atoms with Gasteiger partial charge in [0.15, 0.2) is 5.82 Å². The van der Waals surface area contributed by atoms with Gasteiger partial charge in [-0.1, -0.05) is 19.1 Å². The van der Waals surface area contributed by atoms with Crippen LogP contribution >= 0.6 is 0 Å². The second-order valence-corrected chi connectivity index (χ2v) is 13.4. The molecule has 4 aromatic rings. The number of phenols is 1. The summed E-state index contributed by atoms with van der Waals surface area (Å²) in [6.45, 7) is 4.46. The monoisotopic (exact) mass is 647 g/mol. The van der Waals surface area contributed by atoms with Crippen molar-refractivity contribution in [3.8, 4) is 22.9 Å². The molecule has 0 aliphatic carbocycles. The van der Waals surface area contributed by atoms with Crippen LogP contribution in [-0.2, 0) is 11.2 Å². The van der Waals surface area contributed by atoms with Crippen LogP contribution in [0.3, 0.4) is 0 Å². The van der Waals surface area contributed by atoms with Crippen LogP contribution in [0.2, 0.25) is 0 Å². The number of benzene rings is 3. The van der Waals surface area contributed by atoms with E-state index in [2.05, 4.69) is 15.2 Å². The minimum Gasteiger partial charge on any atom is -0.508 e. The number of aromatic hydroxyl groups is 1. The van der Waals surface area contributed by atoms with Crippen molar-refractivity contribution in [2.75, 3.05) is 44.2 Å². The first-order valence-corrected chi connectivity index (χ1v) is 16.4. The molecule has 1 amide bonds. The molecule has 0 radical (unpaired) electrons. The lowest BCUT2D eigenvalue weighted by Crippen LogP contribution is -2.51. The van der Waals surface area contributed by atoms with E-state index >= 15 is 4.39 Å². The van der Waals surface area contributed by atoms with E-state index in [0.717, 1.165) is 19.4 Å². The van der Waals surface area contributed by atoms with Crippen molar-refractivity contribution in [3.05, 3.63) is 53.6 Å². The Morgan fingerprint density at radius 1 is 1.11 bits per heavy atom. The van der Waals surface area contributed by atoms with Crippen molar-refractivity contribution in [1.29, 1.82) is 0 Å². The number of anilines is 1. The summed E-state index contributed by atoms with van der Waals surface area (Å²) in [6, 6.07) is 9.22. The van der Waals surface area contributed by atoms with E-state index in [1.165, 1.54) is 18.2 Å². The summed E-state index contributed by atoms with van der Waals surface area (Å²) in [5.74, 6) is -0.707. The van der Waals surface area contributed by atoms with E-state index in [9.17, 15) is 18.7 Å². The highest BCUT2D eigenvalue weighted by Gasteiger charge is 2.49. The third kappa shape index (κ3) is 4.99. The van der Waals surface area contributed by atoms with E-state index in [1.807, 2.05) is 11.8 Å². The molecule has 0 unspecified atom stereocenters. The van der Waals surface area contributed by atoms with Gasteiger partial charge in [-0.3, -0.25) is 4.90 Å². The first-order valence-electron chi connectivity index (χ1n) is 16.4. The number of carbonyl (C=O) groups is 1. The fourth-order valence-electron chi connectivity index (χ4n) is 8.35. The smallest absolute Gasteiger partial charge is 0.407 e. The highest BCUT2D eigenvalue weighted by molar-refractivity contribution is 6.03. The number of aryl methyl sites for hydroxylation is 1. The molecule has 8 rings (SSSR count). The van der Waals surface area contributed by atoms with Gasteiger partial charge in [0.2, 0.25) is 0 Å². The average molecular weight is 648 g/mol. The number of amides is 1. The van der Waals surface area contributed by atoms with Crippen LogP contribution in [0.15, 0.2) is 36.4 Å². The van der Waals surface area contributed by atoms with Crippen LogP contribution in [0.4, 0.5) is 23.8 Å². The molecule has 1 aromatic heterocycles. The number of hydrogen-bond acceptors (Lipinski definition) is 8. The molecule has 12 heteroatoms. The Hall–Kier alpha value is -4.32. The maximum atomic E-state index is 17.0. The molecule has 0 bridgehead atoms. The number of fused-ring (bicyclic) bond motifs is 3. The van der Waals surface area contributed by atoms with Gasteiger partial charge in [0.05, 0.1) is 18.6 Å². The highest BCUT2D eigenvalue weighted by Crippen LogP contribution is 2.43. The number of aromatic nitrogens is 2. The molecule has 47 heavy (non-hydrogen) atoms. The van der Waals surface area contributed by atoms with Crippen LogP contribution < -0.4 is 15.0 Å². The number of rotatable bonds is 6. The molecule has 1 spiro atoms. The lowest BCUT2D eigenvalue weighted by atomic mass is 9.91. The number of nitrogens with one attached hydrogen (secondary N) is 1. The van der Waals surface area contributed by atoms with Gasteiger partial charge in [-0.25, -0.2) is 18.0 Å². The molecule has 246 valence electrons. The van der Waals surface area contributed by atoms with Crippen LogP contribution in [0.5, 0.6) is 11.8 Å². The molecular weight excluding hydrogens is 611 g/mol. The number of alkyl halides is 1. The molecule has 3 aromatic carbocycles. The molecule has 3 atom stereocenters. The Morgan fingerprint density at radius 3 is 2.77 bits per heavy atom. The van der Waals surface area contributed by atoms with Crippen LogP contribution in [0, 0.1) is 11.6 Å². The number of ether oxygens (including phenoxy) is 2. The maximum absolute atomic E-state index is 17.0. The number of phenolic OH excluding ortho intramolecular Hbond substituents is 1. The molecule has 4 fully saturated rings. The zero-order valence-electron chi connectivity index (χ0n) is 26.1. The maximum Gasteiger partial charge on any atom is 0.407 e. The first-order chi connectivity index (χ1) is 22.7. The summed E-state index contributed by atoms with van der Waals surface area (Å²) in [4.78, 5) is 25.5. The van der Waals surface area contributed by atoms with Crippen molar-refractivity contribution >= 4 is 33.6 Å². The summed E-state index contributed by atoms with van der Waals surface area (Å²) in [7, 11) is 0. The van der Waals surface area contributed by atoms with Gasteiger partial charge >= 0.3 is 12.1 Å². The normalized spacial score (nSPS) is 25.9. The van der Waals surface area contributed by atoms with Gasteiger partial charge in [0, 0.05) is 30.5 Å². The minimum absolute atomic E-state index is 0.00479. The summed E-state index contributed by atoms with van der Waals surface area (Å²) < 4.78 is 58.4. The lowest BCUT2D eigenvalue weighted by molar-refractivity contribution is 0.0445. The largest absolute Gasteiger partial charge is 0.508 e. The van der Waals surface area contributed by atoms with E-state index < -0.39 is 35.0 Å². The molecule has 0 saturated carbocycles. The quantitative estimate of drug-likeness (QED) is 0.262. The van der Waals surface area contributed by atoms with Crippen molar-refractivity contribution in [3.63, 3.8) is 0 Å². The zero-order chi connectivity index (χ0) is 32.5. The fraction of sp³-hybridized carbons (Fsp3) is 0.457. The number of alkyl carbamates (subject to hydrolysis) is 1. The Morgan fingerprint density at radius 2 is 1.96 bits per heavy atom. The van der Waals surface area contributed by atoms with Gasteiger partial charge < -0.3 is 24.8 Å². The molecule has 4 saturated heterocycles. The Kier molecular flexibility index (Phi) is 7.12. The standard InChI is InChI=1S/C35H36F3N5O4/c1-2-23-27(37)8-5-20-13-22(44)14-26(28(20)23)24-6-7-25-30(29(24)38)40-32(46-19-34-9-3-12-43(34)16-21(36)15-34)41-31(25)42-11-4-10-35(18-42)17-39-33(45)47-35/h5-8,13-14,21,44H,2-4,9-12,15-19H2,1H3,(H,39,45)/t21-,34+,35-/m1/s1. The minimum atomic E-state index is -0.936. The van der Waals surface area contributed by atoms with Crippen molar-refractivity contribution in [2.24, 2.45) is 0 Å². The molecule has 2 N–H and O–H groups in total. The van der Waals surface area contributed by atoms with Crippen molar-refractivity contribution in [2.45, 2.75) is 62.8 Å². The summed E-state index contributed by atoms with van der Waals surface area (Å²) in [6.07, 6.45) is 2.45. The Balaban J connectivity index is 1.27. The van der Waals surface area contributed by atoms with Gasteiger partial charge in [-0.2, -0.15) is 9.97 Å². The molecule has 4 aliphatic heterocycles. The number of carbonyl (C=O) groups excluding carboxylic acids is 1. The Labute approximate surface area is 269 Å².